The number of anilines is 2. The van der Waals surface area contributed by atoms with Gasteiger partial charge in [-0.25, -0.2) is 0 Å². The van der Waals surface area contributed by atoms with Gasteiger partial charge in [-0.2, -0.15) is 0 Å². The van der Waals surface area contributed by atoms with Crippen LogP contribution in [-0.4, -0.2) is 77.0 Å². The SMILES string of the molecule is CC(Cc1ccccc1C(N)(N)c1ccccc1)(c1ccc(Oc2ccc(N(CC3CO3)CC3CO3)cc2)cc1)c1ccc(Oc2ccc(N(CC3CO3)CC3CO3)cc2)cc1. The molecule has 318 valence electrons. The van der Waals surface area contributed by atoms with Gasteiger partial charge in [0.2, 0.25) is 0 Å². The van der Waals surface area contributed by atoms with Crippen LogP contribution in [0.1, 0.15) is 34.7 Å². The van der Waals surface area contributed by atoms with Crippen molar-refractivity contribution in [3.63, 3.8) is 0 Å². The maximum Gasteiger partial charge on any atom is 0.127 e. The van der Waals surface area contributed by atoms with Crippen molar-refractivity contribution in [2.45, 2.75) is 48.8 Å². The Balaban J connectivity index is 0.899. The lowest BCUT2D eigenvalue weighted by Crippen LogP contribution is -2.48. The van der Waals surface area contributed by atoms with Gasteiger partial charge < -0.3 is 49.7 Å². The highest BCUT2D eigenvalue weighted by Crippen LogP contribution is 2.40. The Morgan fingerprint density at radius 1 is 0.468 bits per heavy atom. The molecule has 0 amide bonds. The largest absolute Gasteiger partial charge is 0.457 e. The lowest BCUT2D eigenvalue weighted by atomic mass is 9.70. The van der Waals surface area contributed by atoms with E-state index in [1.54, 1.807) is 0 Å². The minimum absolute atomic E-state index is 0.297. The van der Waals surface area contributed by atoms with E-state index < -0.39 is 11.1 Å². The summed E-state index contributed by atoms with van der Waals surface area (Å²) in [7, 11) is 0. The molecule has 4 fully saturated rings. The standard InChI is InChI=1S/C52H54N4O6/c1-51(27-36-7-5-6-10-50(36)52(53,54)39-8-3-2-4-9-39,37-11-19-42(20-12-37)61-44-23-15-40(16-24-44)55(28-46-32-57-46)29-47-33-58-47)38-13-21-43(22-14-38)62-45-25-17-41(18-26-45)56(30-48-34-59-48)31-49-35-60-49/h2-26,46-49H,27-35,53-54H2,1H3. The van der Waals surface area contributed by atoms with Gasteiger partial charge in [-0.05, 0) is 107 Å². The van der Waals surface area contributed by atoms with Gasteiger partial charge in [0.15, 0.2) is 0 Å². The van der Waals surface area contributed by atoms with Gasteiger partial charge in [-0.3, -0.25) is 0 Å². The summed E-state index contributed by atoms with van der Waals surface area (Å²) < 4.78 is 34.9. The molecule has 4 aliphatic rings. The molecular weight excluding hydrogens is 777 g/mol. The molecule has 4 saturated heterocycles. The fraction of sp³-hybridized carbons (Fsp3) is 0.308. The van der Waals surface area contributed by atoms with Crippen LogP contribution in [0.25, 0.3) is 0 Å². The second-order valence-corrected chi connectivity index (χ2v) is 17.3. The van der Waals surface area contributed by atoms with Gasteiger partial charge in [-0.15, -0.1) is 0 Å². The van der Waals surface area contributed by atoms with Gasteiger partial charge in [0.05, 0.1) is 50.8 Å². The van der Waals surface area contributed by atoms with E-state index in [2.05, 4.69) is 77.4 Å². The summed E-state index contributed by atoms with van der Waals surface area (Å²) in [6.45, 7) is 9.03. The van der Waals surface area contributed by atoms with Gasteiger partial charge in [0, 0.05) is 43.0 Å². The highest BCUT2D eigenvalue weighted by atomic mass is 16.6. The third kappa shape index (κ3) is 9.66. The van der Waals surface area contributed by atoms with Gasteiger partial charge >= 0.3 is 0 Å². The molecule has 10 heteroatoms. The van der Waals surface area contributed by atoms with E-state index in [1.807, 2.05) is 91.0 Å². The summed E-state index contributed by atoms with van der Waals surface area (Å²) in [5, 5.41) is 0. The van der Waals surface area contributed by atoms with Crippen LogP contribution in [0.2, 0.25) is 0 Å². The second-order valence-electron chi connectivity index (χ2n) is 17.3. The van der Waals surface area contributed by atoms with Crippen molar-refractivity contribution >= 4 is 11.4 Å². The van der Waals surface area contributed by atoms with Crippen molar-refractivity contribution in [2.75, 3.05) is 62.4 Å². The Bertz CT molecular complexity index is 2260. The van der Waals surface area contributed by atoms with E-state index in [9.17, 15) is 0 Å². The highest BCUT2D eigenvalue weighted by molar-refractivity contribution is 5.53. The molecule has 6 aromatic rings. The van der Waals surface area contributed by atoms with Crippen LogP contribution >= 0.6 is 0 Å². The van der Waals surface area contributed by atoms with E-state index in [1.165, 1.54) is 0 Å². The number of nitrogens with zero attached hydrogens (tertiary/aromatic N) is 2. The van der Waals surface area contributed by atoms with Crippen molar-refractivity contribution in [2.24, 2.45) is 11.5 Å². The monoisotopic (exact) mass is 830 g/mol. The Kier molecular flexibility index (Phi) is 11.2. The number of nitrogens with two attached hydrogens (primary N) is 2. The van der Waals surface area contributed by atoms with Crippen LogP contribution in [0.3, 0.4) is 0 Å². The van der Waals surface area contributed by atoms with Crippen molar-refractivity contribution in [3.8, 4) is 23.0 Å². The highest BCUT2D eigenvalue weighted by Gasteiger charge is 2.35. The summed E-state index contributed by atoms with van der Waals surface area (Å²) in [6, 6.07) is 51.5. The fourth-order valence-corrected chi connectivity index (χ4v) is 8.45. The topological polar surface area (TPSA) is 127 Å². The Morgan fingerprint density at radius 3 is 1.21 bits per heavy atom. The molecule has 0 radical (unpaired) electrons. The summed E-state index contributed by atoms with van der Waals surface area (Å²) >= 11 is 0. The van der Waals surface area contributed by atoms with Crippen molar-refractivity contribution in [3.05, 3.63) is 179 Å². The molecule has 4 unspecified atom stereocenters. The molecule has 0 bridgehead atoms. The third-order valence-electron chi connectivity index (χ3n) is 12.4. The molecule has 0 aromatic heterocycles. The van der Waals surface area contributed by atoms with Crippen molar-refractivity contribution in [1.82, 2.24) is 0 Å². The second kappa shape index (κ2) is 17.2. The molecule has 62 heavy (non-hydrogen) atoms. The Hall–Kier alpha value is -5.72. The van der Waals surface area contributed by atoms with Crippen molar-refractivity contribution in [1.29, 1.82) is 0 Å². The average Bonchev–Trinajstić information content (AvgIpc) is 4.06. The predicted octanol–water partition coefficient (Wildman–Crippen LogP) is 8.15. The maximum atomic E-state index is 7.01. The number of ether oxygens (including phenoxy) is 6. The quantitative estimate of drug-likeness (QED) is 0.0575. The molecule has 4 N–H and O–H groups in total. The van der Waals surface area contributed by atoms with Gasteiger partial charge in [-0.1, -0.05) is 85.8 Å². The minimum Gasteiger partial charge on any atom is -0.457 e. The zero-order chi connectivity index (χ0) is 42.1. The third-order valence-corrected chi connectivity index (χ3v) is 12.4. The molecule has 0 spiro atoms. The summed E-state index contributed by atoms with van der Waals surface area (Å²) in [6.07, 6.45) is 1.83. The number of benzene rings is 6. The first-order chi connectivity index (χ1) is 30.2. The molecule has 6 aromatic carbocycles. The van der Waals surface area contributed by atoms with Crippen LogP contribution < -0.4 is 30.7 Å². The van der Waals surface area contributed by atoms with Crippen molar-refractivity contribution < 1.29 is 28.4 Å². The molecular formula is C52H54N4O6. The number of hydrogen-bond acceptors (Lipinski definition) is 10. The smallest absolute Gasteiger partial charge is 0.127 e. The van der Waals surface area contributed by atoms with E-state index in [-0.39, 0.29) is 0 Å². The zero-order valence-corrected chi connectivity index (χ0v) is 35.1. The lowest BCUT2D eigenvalue weighted by Gasteiger charge is -2.35. The van der Waals surface area contributed by atoms with E-state index in [0.717, 1.165) is 115 Å². The zero-order valence-electron chi connectivity index (χ0n) is 35.1. The molecule has 10 rings (SSSR count). The minimum atomic E-state index is -1.19. The van der Waals surface area contributed by atoms with Crippen LogP contribution in [0.4, 0.5) is 11.4 Å². The normalized spacial score (nSPS) is 20.8. The molecule has 4 atom stereocenters. The average molecular weight is 831 g/mol. The van der Waals surface area contributed by atoms with E-state index in [0.29, 0.717) is 30.8 Å². The van der Waals surface area contributed by atoms with Crippen LogP contribution in [0, 0.1) is 0 Å². The molecule has 0 saturated carbocycles. The number of epoxide rings is 4. The first-order valence-corrected chi connectivity index (χ1v) is 21.7. The van der Waals surface area contributed by atoms with Crippen LogP contribution in [0.5, 0.6) is 23.0 Å². The Labute approximate surface area is 363 Å². The molecule has 4 heterocycles. The van der Waals surface area contributed by atoms with Gasteiger partial charge in [0.1, 0.15) is 28.7 Å². The molecule has 10 nitrogen and oxygen atoms in total. The summed E-state index contributed by atoms with van der Waals surface area (Å²) in [4.78, 5) is 4.68. The summed E-state index contributed by atoms with van der Waals surface area (Å²) in [5.41, 5.74) is 19.6. The van der Waals surface area contributed by atoms with Crippen LogP contribution in [0.15, 0.2) is 152 Å². The molecule has 0 aliphatic carbocycles. The maximum absolute atomic E-state index is 7.01. The fourth-order valence-electron chi connectivity index (χ4n) is 8.45. The van der Waals surface area contributed by atoms with Crippen LogP contribution in [-0.2, 0) is 36.4 Å². The first-order valence-electron chi connectivity index (χ1n) is 21.7. The predicted molar refractivity (Wildman–Crippen MR) is 241 cm³/mol. The first kappa shape index (κ1) is 40.4. The number of rotatable bonds is 20. The van der Waals surface area contributed by atoms with E-state index in [4.69, 9.17) is 39.9 Å². The Morgan fingerprint density at radius 2 is 0.823 bits per heavy atom. The number of hydrogen-bond donors (Lipinski definition) is 2. The van der Waals surface area contributed by atoms with E-state index >= 15 is 0 Å². The van der Waals surface area contributed by atoms with Gasteiger partial charge in [0.25, 0.3) is 0 Å². The molecule has 4 aliphatic heterocycles. The summed E-state index contributed by atoms with van der Waals surface area (Å²) in [5.74, 6) is 3.06. The lowest BCUT2D eigenvalue weighted by molar-refractivity contribution is 0.388.